The van der Waals surface area contributed by atoms with Crippen molar-refractivity contribution >= 4 is 33.3 Å². The van der Waals surface area contributed by atoms with Gasteiger partial charge in [-0.1, -0.05) is 18.1 Å². The lowest BCUT2D eigenvalue weighted by Crippen LogP contribution is -2.39. The summed E-state index contributed by atoms with van der Waals surface area (Å²) in [5.41, 5.74) is 0.298. The molecule has 1 amide bonds. The minimum atomic E-state index is -3.56. The molecule has 152 valence electrons. The van der Waals surface area contributed by atoms with Crippen LogP contribution in [-0.4, -0.2) is 41.9 Å². The van der Waals surface area contributed by atoms with Crippen LogP contribution in [0.4, 0.5) is 6.01 Å². The molecule has 4 rings (SSSR count). The Morgan fingerprint density at radius 3 is 2.72 bits per heavy atom. The first kappa shape index (κ1) is 19.7. The predicted octanol–water partition coefficient (Wildman–Crippen LogP) is 3.47. The van der Waals surface area contributed by atoms with E-state index in [0.29, 0.717) is 30.5 Å². The van der Waals surface area contributed by atoms with E-state index < -0.39 is 15.9 Å². The van der Waals surface area contributed by atoms with Crippen LogP contribution in [0.5, 0.6) is 0 Å². The van der Waals surface area contributed by atoms with Crippen molar-refractivity contribution in [2.45, 2.75) is 24.7 Å². The number of hydrogen-bond acceptors (Lipinski definition) is 7. The van der Waals surface area contributed by atoms with Gasteiger partial charge in [0, 0.05) is 18.7 Å². The van der Waals surface area contributed by atoms with E-state index in [0.717, 1.165) is 17.7 Å². The highest BCUT2D eigenvalue weighted by molar-refractivity contribution is 7.89. The fourth-order valence-electron chi connectivity index (χ4n) is 3.23. The number of thiophene rings is 1. The molecule has 8 nitrogen and oxygen atoms in total. The Bertz CT molecular complexity index is 1090. The second kappa shape index (κ2) is 8.05. The summed E-state index contributed by atoms with van der Waals surface area (Å²) in [5.74, 6) is 0.214. The number of carbonyl (C=O) groups is 1. The van der Waals surface area contributed by atoms with Crippen molar-refractivity contribution in [1.82, 2.24) is 14.5 Å². The highest BCUT2D eigenvalue weighted by atomic mass is 32.2. The Kier molecular flexibility index (Phi) is 5.48. The molecular weight excluding hydrogens is 412 g/mol. The fourth-order valence-corrected chi connectivity index (χ4v) is 5.48. The lowest BCUT2D eigenvalue weighted by molar-refractivity contribution is 0.102. The number of rotatable bonds is 5. The molecule has 1 atom stereocenters. The summed E-state index contributed by atoms with van der Waals surface area (Å²) in [6.07, 6.45) is 1.90. The molecule has 1 N–H and O–H groups in total. The van der Waals surface area contributed by atoms with Gasteiger partial charge in [0.15, 0.2) is 0 Å². The maximum Gasteiger partial charge on any atom is 0.322 e. The van der Waals surface area contributed by atoms with Crippen LogP contribution in [0.1, 0.15) is 30.1 Å². The van der Waals surface area contributed by atoms with Gasteiger partial charge in [-0.05, 0) is 54.5 Å². The van der Waals surface area contributed by atoms with E-state index in [1.165, 1.54) is 39.9 Å². The molecule has 29 heavy (non-hydrogen) atoms. The summed E-state index contributed by atoms with van der Waals surface area (Å²) in [5, 5.41) is 12.1. The molecule has 3 aromatic rings. The Hall–Kier alpha value is -2.56. The number of sulfonamides is 1. The number of carbonyl (C=O) groups excluding carboxylic acids is 1. The summed E-state index contributed by atoms with van der Waals surface area (Å²) < 4.78 is 32.6. The molecule has 3 heterocycles. The van der Waals surface area contributed by atoms with Gasteiger partial charge in [-0.3, -0.25) is 10.1 Å². The van der Waals surface area contributed by atoms with Crippen molar-refractivity contribution in [1.29, 1.82) is 0 Å². The number of nitrogens with zero attached hydrogens (tertiary/aromatic N) is 3. The lowest BCUT2D eigenvalue weighted by atomic mass is 10.0. The van der Waals surface area contributed by atoms with E-state index in [2.05, 4.69) is 22.4 Å². The van der Waals surface area contributed by atoms with Crippen LogP contribution < -0.4 is 5.32 Å². The number of hydrogen-bond donors (Lipinski definition) is 1. The van der Waals surface area contributed by atoms with E-state index in [1.807, 2.05) is 17.5 Å². The highest BCUT2D eigenvalue weighted by Crippen LogP contribution is 2.25. The maximum absolute atomic E-state index is 12.8. The normalized spacial score (nSPS) is 17.9. The van der Waals surface area contributed by atoms with Crippen LogP contribution in [0.3, 0.4) is 0 Å². The largest absolute Gasteiger partial charge is 0.402 e. The lowest BCUT2D eigenvalue weighted by Gasteiger charge is -2.30. The van der Waals surface area contributed by atoms with Crippen molar-refractivity contribution in [3.05, 3.63) is 47.3 Å². The summed E-state index contributed by atoms with van der Waals surface area (Å²) in [6, 6.07) is 9.55. The molecule has 10 heteroatoms. The Labute approximate surface area is 172 Å². The number of amides is 1. The van der Waals surface area contributed by atoms with E-state index in [-0.39, 0.29) is 10.9 Å². The quantitative estimate of drug-likeness (QED) is 0.662. The third-order valence-electron chi connectivity index (χ3n) is 4.75. The molecule has 1 saturated heterocycles. The van der Waals surface area contributed by atoms with Crippen LogP contribution in [0, 0.1) is 5.92 Å². The van der Waals surface area contributed by atoms with Gasteiger partial charge >= 0.3 is 6.01 Å². The van der Waals surface area contributed by atoms with Gasteiger partial charge in [0.25, 0.3) is 11.8 Å². The van der Waals surface area contributed by atoms with E-state index >= 15 is 0 Å². The van der Waals surface area contributed by atoms with Gasteiger partial charge in [0.05, 0.1) is 9.77 Å². The first-order chi connectivity index (χ1) is 13.9. The molecule has 0 aliphatic carbocycles. The standard InChI is InChI=1S/C19H20N4O4S2/c1-13-4-2-10-23(12-13)29(25,26)15-8-6-14(7-9-15)17(24)20-19-22-21-18(27-19)16-5-3-11-28-16/h3,5-9,11,13H,2,4,10,12H2,1H3,(H,20,22,24). The first-order valence-corrected chi connectivity index (χ1v) is 11.5. The van der Waals surface area contributed by atoms with E-state index in [9.17, 15) is 13.2 Å². The molecule has 1 aliphatic heterocycles. The monoisotopic (exact) mass is 432 g/mol. The molecule has 0 spiro atoms. The zero-order valence-corrected chi connectivity index (χ0v) is 17.4. The average molecular weight is 433 g/mol. The van der Waals surface area contributed by atoms with Crippen LogP contribution in [0.25, 0.3) is 10.8 Å². The van der Waals surface area contributed by atoms with Crippen LogP contribution in [0.15, 0.2) is 51.1 Å². The van der Waals surface area contributed by atoms with Gasteiger partial charge in [-0.25, -0.2) is 8.42 Å². The average Bonchev–Trinajstić information content (AvgIpc) is 3.40. The maximum atomic E-state index is 12.8. The zero-order valence-electron chi connectivity index (χ0n) is 15.7. The summed E-state index contributed by atoms with van der Waals surface area (Å²) in [6.45, 7) is 3.10. The van der Waals surface area contributed by atoms with Crippen LogP contribution in [0.2, 0.25) is 0 Å². The van der Waals surface area contributed by atoms with Crippen molar-refractivity contribution in [2.24, 2.45) is 5.92 Å². The van der Waals surface area contributed by atoms with Gasteiger partial charge in [-0.2, -0.15) is 4.31 Å². The second-order valence-electron chi connectivity index (χ2n) is 6.98. The van der Waals surface area contributed by atoms with Gasteiger partial charge in [-0.15, -0.1) is 16.4 Å². The predicted molar refractivity (Wildman–Crippen MR) is 109 cm³/mol. The molecule has 1 fully saturated rings. The highest BCUT2D eigenvalue weighted by Gasteiger charge is 2.28. The van der Waals surface area contributed by atoms with Gasteiger partial charge in [0.2, 0.25) is 10.0 Å². The minimum absolute atomic E-state index is 0.0163. The summed E-state index contributed by atoms with van der Waals surface area (Å²) >= 11 is 1.45. The van der Waals surface area contributed by atoms with Crippen LogP contribution >= 0.6 is 11.3 Å². The van der Waals surface area contributed by atoms with Crippen molar-refractivity contribution < 1.29 is 17.6 Å². The molecule has 1 aliphatic rings. The van der Waals surface area contributed by atoms with Crippen molar-refractivity contribution in [3.63, 3.8) is 0 Å². The van der Waals surface area contributed by atoms with Crippen LogP contribution in [-0.2, 0) is 10.0 Å². The Balaban J connectivity index is 1.45. The second-order valence-corrected chi connectivity index (χ2v) is 9.86. The topological polar surface area (TPSA) is 105 Å². The van der Waals surface area contributed by atoms with Crippen molar-refractivity contribution in [3.8, 4) is 10.8 Å². The molecule has 1 unspecified atom stereocenters. The Morgan fingerprint density at radius 2 is 2.03 bits per heavy atom. The fraction of sp³-hybridized carbons (Fsp3) is 0.316. The number of aromatic nitrogens is 2. The SMILES string of the molecule is CC1CCCN(S(=O)(=O)c2ccc(C(=O)Nc3nnc(-c4cccs4)o3)cc2)C1. The molecule has 0 radical (unpaired) electrons. The summed E-state index contributed by atoms with van der Waals surface area (Å²) in [7, 11) is -3.56. The molecular formula is C19H20N4O4S2. The minimum Gasteiger partial charge on any atom is -0.402 e. The molecule has 0 saturated carbocycles. The van der Waals surface area contributed by atoms with Crippen molar-refractivity contribution in [2.75, 3.05) is 18.4 Å². The first-order valence-electron chi connectivity index (χ1n) is 9.22. The third kappa shape index (κ3) is 4.24. The number of nitrogens with one attached hydrogen (secondary N) is 1. The van der Waals surface area contributed by atoms with Gasteiger partial charge in [0.1, 0.15) is 0 Å². The number of piperidine rings is 1. The van der Waals surface area contributed by atoms with Gasteiger partial charge < -0.3 is 4.42 Å². The molecule has 1 aromatic carbocycles. The molecule has 2 aromatic heterocycles. The zero-order chi connectivity index (χ0) is 20.4. The number of benzene rings is 1. The smallest absolute Gasteiger partial charge is 0.322 e. The Morgan fingerprint density at radius 1 is 1.24 bits per heavy atom. The van der Waals surface area contributed by atoms with E-state index in [1.54, 1.807) is 0 Å². The molecule has 0 bridgehead atoms. The summed E-state index contributed by atoms with van der Waals surface area (Å²) in [4.78, 5) is 13.4. The number of anilines is 1. The van der Waals surface area contributed by atoms with E-state index in [4.69, 9.17) is 4.42 Å². The third-order valence-corrected chi connectivity index (χ3v) is 7.49.